The highest BCUT2D eigenvalue weighted by atomic mass is 16.1. The Morgan fingerprint density at radius 1 is 1.11 bits per heavy atom. The lowest BCUT2D eigenvalue weighted by Crippen LogP contribution is -2.33. The molecule has 138 valence electrons. The minimum Gasteiger partial charge on any atom is -0.352 e. The number of aromatic nitrogens is 1. The van der Waals surface area contributed by atoms with Crippen LogP contribution in [0.1, 0.15) is 43.5 Å². The molecule has 1 saturated carbocycles. The molecule has 2 aromatic carbocycles. The van der Waals surface area contributed by atoms with Crippen molar-refractivity contribution in [2.45, 2.75) is 33.1 Å². The summed E-state index contributed by atoms with van der Waals surface area (Å²) in [4.78, 5) is 16.9. The van der Waals surface area contributed by atoms with E-state index in [4.69, 9.17) is 0 Å². The van der Waals surface area contributed by atoms with E-state index in [1.54, 1.807) is 0 Å². The monoisotopic (exact) mass is 358 g/mol. The molecular formula is C24H26N2O. The fourth-order valence-corrected chi connectivity index (χ4v) is 4.24. The van der Waals surface area contributed by atoms with Crippen molar-refractivity contribution in [3.8, 4) is 11.1 Å². The fraction of sp³-hybridized carbons (Fsp3) is 0.333. The van der Waals surface area contributed by atoms with Crippen molar-refractivity contribution in [3.05, 3.63) is 66.5 Å². The maximum absolute atomic E-state index is 12.5. The molecule has 3 aromatic rings. The molecule has 1 unspecified atom stereocenters. The number of hydrogen-bond acceptors (Lipinski definition) is 2. The Morgan fingerprint density at radius 2 is 1.89 bits per heavy atom. The van der Waals surface area contributed by atoms with Gasteiger partial charge in [-0.25, -0.2) is 0 Å². The molecule has 4 rings (SSSR count). The molecule has 1 N–H and O–H groups in total. The Kier molecular flexibility index (Phi) is 4.69. The van der Waals surface area contributed by atoms with Crippen LogP contribution in [0.5, 0.6) is 0 Å². The van der Waals surface area contributed by atoms with Crippen molar-refractivity contribution in [1.29, 1.82) is 0 Å². The normalized spacial score (nSPS) is 18.5. The second-order valence-corrected chi connectivity index (χ2v) is 8.27. The van der Waals surface area contributed by atoms with Crippen molar-refractivity contribution >= 4 is 16.7 Å². The SMILES string of the molecule is CC1(C)CCCC1CNC(=O)c1ccc(-c2cncc3ccccc23)cc1. The number of hydrogen-bond donors (Lipinski definition) is 1. The van der Waals surface area contributed by atoms with Crippen molar-refractivity contribution < 1.29 is 4.79 Å². The fourth-order valence-electron chi connectivity index (χ4n) is 4.24. The number of nitrogens with zero attached hydrogens (tertiary/aromatic N) is 1. The zero-order valence-corrected chi connectivity index (χ0v) is 16.0. The Hall–Kier alpha value is -2.68. The Morgan fingerprint density at radius 3 is 2.63 bits per heavy atom. The second-order valence-electron chi connectivity index (χ2n) is 8.27. The minimum atomic E-state index is 0.0142. The van der Waals surface area contributed by atoms with Crippen LogP contribution in [0.25, 0.3) is 21.9 Å². The third-order valence-electron chi connectivity index (χ3n) is 6.11. The minimum absolute atomic E-state index is 0.0142. The maximum Gasteiger partial charge on any atom is 0.251 e. The van der Waals surface area contributed by atoms with Crippen LogP contribution in [0.15, 0.2) is 60.9 Å². The van der Waals surface area contributed by atoms with Gasteiger partial charge in [-0.2, -0.15) is 0 Å². The topological polar surface area (TPSA) is 42.0 Å². The molecule has 1 atom stereocenters. The van der Waals surface area contributed by atoms with Crippen LogP contribution in [0.3, 0.4) is 0 Å². The highest BCUT2D eigenvalue weighted by Gasteiger charge is 2.34. The molecule has 1 aliphatic rings. The summed E-state index contributed by atoms with van der Waals surface area (Å²) in [6, 6.07) is 16.1. The van der Waals surface area contributed by atoms with Crippen molar-refractivity contribution in [2.75, 3.05) is 6.54 Å². The average Bonchev–Trinajstić information content (AvgIpc) is 3.04. The summed E-state index contributed by atoms with van der Waals surface area (Å²) in [7, 11) is 0. The zero-order valence-electron chi connectivity index (χ0n) is 16.0. The molecule has 0 spiro atoms. The molecule has 0 bridgehead atoms. The van der Waals surface area contributed by atoms with Gasteiger partial charge in [0.15, 0.2) is 0 Å². The molecule has 27 heavy (non-hydrogen) atoms. The van der Waals surface area contributed by atoms with Gasteiger partial charge in [0.2, 0.25) is 0 Å². The number of amides is 1. The molecule has 1 heterocycles. The third-order valence-corrected chi connectivity index (χ3v) is 6.11. The largest absolute Gasteiger partial charge is 0.352 e. The van der Waals surface area contributed by atoms with E-state index in [9.17, 15) is 4.79 Å². The lowest BCUT2D eigenvalue weighted by molar-refractivity contribution is 0.0937. The number of carbonyl (C=O) groups excluding carboxylic acids is 1. The molecule has 3 nitrogen and oxygen atoms in total. The zero-order chi connectivity index (χ0) is 18.9. The van der Waals surface area contributed by atoms with E-state index in [2.05, 4.69) is 36.3 Å². The van der Waals surface area contributed by atoms with Gasteiger partial charge in [-0.1, -0.05) is 56.7 Å². The average molecular weight is 358 g/mol. The number of fused-ring (bicyclic) bond motifs is 1. The molecule has 0 radical (unpaired) electrons. The van der Waals surface area contributed by atoms with Gasteiger partial charge in [0.25, 0.3) is 5.91 Å². The van der Waals surface area contributed by atoms with Crippen LogP contribution in [0.2, 0.25) is 0 Å². The van der Waals surface area contributed by atoms with Gasteiger partial charge >= 0.3 is 0 Å². The summed E-state index contributed by atoms with van der Waals surface area (Å²) >= 11 is 0. The van der Waals surface area contributed by atoms with Crippen LogP contribution in [-0.2, 0) is 0 Å². The number of rotatable bonds is 4. The lowest BCUT2D eigenvalue weighted by atomic mass is 9.82. The summed E-state index contributed by atoms with van der Waals surface area (Å²) in [6.45, 7) is 5.38. The Labute approximate surface area is 160 Å². The molecular weight excluding hydrogens is 332 g/mol. The van der Waals surface area contributed by atoms with Crippen LogP contribution in [0.4, 0.5) is 0 Å². The summed E-state index contributed by atoms with van der Waals surface area (Å²) in [5.41, 5.74) is 3.21. The van der Waals surface area contributed by atoms with E-state index in [-0.39, 0.29) is 5.91 Å². The maximum atomic E-state index is 12.5. The van der Waals surface area contributed by atoms with E-state index < -0.39 is 0 Å². The summed E-state index contributed by atoms with van der Waals surface area (Å²) in [5.74, 6) is 0.586. The Bertz CT molecular complexity index is 954. The molecule has 0 aliphatic heterocycles. The smallest absolute Gasteiger partial charge is 0.251 e. The van der Waals surface area contributed by atoms with E-state index in [1.807, 2.05) is 48.8 Å². The van der Waals surface area contributed by atoms with E-state index in [0.717, 1.165) is 23.1 Å². The van der Waals surface area contributed by atoms with Crippen LogP contribution >= 0.6 is 0 Å². The molecule has 1 aliphatic carbocycles. The first-order chi connectivity index (χ1) is 13.0. The number of benzene rings is 2. The van der Waals surface area contributed by atoms with Crippen molar-refractivity contribution in [2.24, 2.45) is 11.3 Å². The first-order valence-electron chi connectivity index (χ1n) is 9.76. The predicted octanol–water partition coefficient (Wildman–Crippen LogP) is 5.46. The summed E-state index contributed by atoms with van der Waals surface area (Å²) < 4.78 is 0. The van der Waals surface area contributed by atoms with Gasteiger partial charge in [0.1, 0.15) is 0 Å². The summed E-state index contributed by atoms with van der Waals surface area (Å²) in [6.07, 6.45) is 7.49. The highest BCUT2D eigenvalue weighted by molar-refractivity contribution is 5.97. The Balaban J connectivity index is 1.49. The van der Waals surface area contributed by atoms with Gasteiger partial charge in [0.05, 0.1) is 0 Å². The quantitative estimate of drug-likeness (QED) is 0.673. The molecule has 1 aromatic heterocycles. The molecule has 3 heteroatoms. The third kappa shape index (κ3) is 3.59. The number of nitrogens with one attached hydrogen (secondary N) is 1. The highest BCUT2D eigenvalue weighted by Crippen LogP contribution is 2.42. The predicted molar refractivity (Wildman–Crippen MR) is 111 cm³/mol. The number of pyridine rings is 1. The molecule has 1 amide bonds. The van der Waals surface area contributed by atoms with Gasteiger partial charge in [0, 0.05) is 35.5 Å². The molecule has 1 fully saturated rings. The van der Waals surface area contributed by atoms with Crippen LogP contribution < -0.4 is 5.32 Å². The van der Waals surface area contributed by atoms with Gasteiger partial charge in [-0.05, 0) is 47.3 Å². The van der Waals surface area contributed by atoms with Crippen molar-refractivity contribution in [3.63, 3.8) is 0 Å². The van der Waals surface area contributed by atoms with E-state index >= 15 is 0 Å². The first kappa shape index (κ1) is 17.7. The van der Waals surface area contributed by atoms with Crippen molar-refractivity contribution in [1.82, 2.24) is 10.3 Å². The first-order valence-corrected chi connectivity index (χ1v) is 9.76. The summed E-state index contributed by atoms with van der Waals surface area (Å²) in [5, 5.41) is 5.43. The van der Waals surface area contributed by atoms with E-state index in [0.29, 0.717) is 16.9 Å². The van der Waals surface area contributed by atoms with Gasteiger partial charge in [-0.15, -0.1) is 0 Å². The second kappa shape index (κ2) is 7.15. The molecule has 0 saturated heterocycles. The van der Waals surface area contributed by atoms with Crippen LogP contribution in [-0.4, -0.2) is 17.4 Å². The van der Waals surface area contributed by atoms with Crippen LogP contribution in [0, 0.1) is 11.3 Å². The van der Waals surface area contributed by atoms with Gasteiger partial charge in [-0.3, -0.25) is 9.78 Å². The number of carbonyl (C=O) groups is 1. The van der Waals surface area contributed by atoms with Gasteiger partial charge < -0.3 is 5.32 Å². The standard InChI is InChI=1S/C24H26N2O/c1-24(2)13-5-7-20(24)15-26-23(27)18-11-9-17(10-12-18)22-16-25-14-19-6-3-4-8-21(19)22/h3-4,6,8-12,14,16,20H,5,7,13,15H2,1-2H3,(H,26,27). The lowest BCUT2D eigenvalue weighted by Gasteiger charge is -2.27. The van der Waals surface area contributed by atoms with E-state index in [1.165, 1.54) is 24.6 Å².